The normalized spacial score (nSPS) is 12.0. The molecule has 3 aromatic carbocycles. The van der Waals surface area contributed by atoms with Gasteiger partial charge in [0.15, 0.2) is 0 Å². The van der Waals surface area contributed by atoms with Crippen LogP contribution >= 0.6 is 34.8 Å². The van der Waals surface area contributed by atoms with E-state index in [2.05, 4.69) is 5.32 Å². The van der Waals surface area contributed by atoms with Crippen LogP contribution in [0, 0.1) is 0 Å². The first-order chi connectivity index (χ1) is 18.1. The number of anilines is 1. The molecule has 0 spiro atoms. The highest BCUT2D eigenvalue weighted by Gasteiger charge is 2.33. The number of carbonyl (C=O) groups excluding carboxylic acids is 2. The van der Waals surface area contributed by atoms with Gasteiger partial charge in [-0.2, -0.15) is 0 Å². The van der Waals surface area contributed by atoms with E-state index >= 15 is 0 Å². The van der Waals surface area contributed by atoms with Gasteiger partial charge in [0.05, 0.1) is 15.6 Å². The van der Waals surface area contributed by atoms with E-state index in [1.54, 1.807) is 61.5 Å². The van der Waals surface area contributed by atoms with Crippen LogP contribution in [0.4, 0.5) is 5.69 Å². The Morgan fingerprint density at radius 1 is 0.921 bits per heavy atom. The number of carbonyl (C=O) groups is 2. The number of nitrogens with one attached hydrogen (secondary N) is 1. The van der Waals surface area contributed by atoms with Gasteiger partial charge in [-0.15, -0.1) is 0 Å². The molecule has 0 fully saturated rings. The summed E-state index contributed by atoms with van der Waals surface area (Å²) >= 11 is 18.8. The smallest absolute Gasteiger partial charge is 0.264 e. The maximum Gasteiger partial charge on any atom is 0.264 e. The maximum atomic E-state index is 13.8. The second-order valence-electron chi connectivity index (χ2n) is 8.50. The van der Waals surface area contributed by atoms with Crippen molar-refractivity contribution in [3.8, 4) is 0 Å². The lowest BCUT2D eigenvalue weighted by atomic mass is 10.1. The van der Waals surface area contributed by atoms with Crippen molar-refractivity contribution in [3.63, 3.8) is 0 Å². The minimum atomic E-state index is -4.19. The Labute approximate surface area is 238 Å². The zero-order valence-electron chi connectivity index (χ0n) is 20.9. The molecular weight excluding hydrogens is 569 g/mol. The van der Waals surface area contributed by atoms with E-state index in [0.717, 1.165) is 4.31 Å². The molecular formula is C27H28Cl3N3O4S. The third-order valence-electron chi connectivity index (χ3n) is 5.80. The first kappa shape index (κ1) is 29.8. The van der Waals surface area contributed by atoms with Gasteiger partial charge in [0.25, 0.3) is 10.0 Å². The van der Waals surface area contributed by atoms with Crippen LogP contribution in [-0.2, 0) is 26.2 Å². The Bertz CT molecular complexity index is 1390. The topological polar surface area (TPSA) is 86.8 Å². The number of nitrogens with zero attached hydrogens (tertiary/aromatic N) is 2. The molecule has 38 heavy (non-hydrogen) atoms. The second-order valence-corrected chi connectivity index (χ2v) is 11.6. The molecule has 0 saturated carbocycles. The van der Waals surface area contributed by atoms with E-state index in [4.69, 9.17) is 34.8 Å². The highest BCUT2D eigenvalue weighted by atomic mass is 35.5. The van der Waals surface area contributed by atoms with Gasteiger partial charge in [-0.25, -0.2) is 8.42 Å². The summed E-state index contributed by atoms with van der Waals surface area (Å²) in [4.78, 5) is 28.0. The van der Waals surface area contributed by atoms with Gasteiger partial charge in [0.1, 0.15) is 12.6 Å². The Balaban J connectivity index is 2.04. The molecule has 3 aromatic rings. The summed E-state index contributed by atoms with van der Waals surface area (Å²) in [6.45, 7) is 3.28. The van der Waals surface area contributed by atoms with Crippen molar-refractivity contribution < 1.29 is 18.0 Å². The minimum Gasteiger partial charge on any atom is -0.354 e. The van der Waals surface area contributed by atoms with Gasteiger partial charge in [0.2, 0.25) is 11.8 Å². The Hall–Kier alpha value is -2.78. The highest BCUT2D eigenvalue weighted by molar-refractivity contribution is 7.92. The second kappa shape index (κ2) is 13.3. The molecule has 202 valence electrons. The van der Waals surface area contributed by atoms with E-state index in [0.29, 0.717) is 28.6 Å². The average molecular weight is 597 g/mol. The van der Waals surface area contributed by atoms with Crippen LogP contribution in [-0.4, -0.2) is 44.3 Å². The fourth-order valence-electron chi connectivity index (χ4n) is 3.70. The van der Waals surface area contributed by atoms with Crippen molar-refractivity contribution >= 4 is 62.3 Å². The molecule has 0 saturated heterocycles. The third-order valence-corrected chi connectivity index (χ3v) is 8.48. The molecule has 0 unspecified atom stereocenters. The van der Waals surface area contributed by atoms with Crippen molar-refractivity contribution in [2.24, 2.45) is 0 Å². The SMILES string of the molecule is CCCNC(=O)[C@H](C)N(Cc1ccc(Cl)cc1Cl)C(=O)CN(c1ccccc1Cl)S(=O)(=O)c1ccccc1. The van der Waals surface area contributed by atoms with Crippen LogP contribution in [0.3, 0.4) is 0 Å². The fraction of sp³-hybridized carbons (Fsp3) is 0.259. The summed E-state index contributed by atoms with van der Waals surface area (Å²) in [5.74, 6) is -0.991. The van der Waals surface area contributed by atoms with Crippen molar-refractivity contribution in [3.05, 3.63) is 93.4 Å². The highest BCUT2D eigenvalue weighted by Crippen LogP contribution is 2.31. The predicted octanol–water partition coefficient (Wildman–Crippen LogP) is 5.79. The van der Waals surface area contributed by atoms with Gasteiger partial charge in [-0.1, -0.05) is 78.1 Å². The van der Waals surface area contributed by atoms with Crippen LogP contribution in [0.25, 0.3) is 0 Å². The van der Waals surface area contributed by atoms with Crippen molar-refractivity contribution in [2.75, 3.05) is 17.4 Å². The summed E-state index contributed by atoms with van der Waals surface area (Å²) in [6.07, 6.45) is 0.713. The summed E-state index contributed by atoms with van der Waals surface area (Å²) < 4.78 is 28.4. The van der Waals surface area contributed by atoms with Gasteiger partial charge in [-0.3, -0.25) is 13.9 Å². The first-order valence-electron chi connectivity index (χ1n) is 11.9. The number of para-hydroxylation sites is 1. The molecule has 0 aliphatic carbocycles. The molecule has 7 nitrogen and oxygen atoms in total. The van der Waals surface area contributed by atoms with E-state index in [9.17, 15) is 18.0 Å². The minimum absolute atomic E-state index is 0.00578. The molecule has 0 radical (unpaired) electrons. The number of rotatable bonds is 11. The van der Waals surface area contributed by atoms with Gasteiger partial charge < -0.3 is 10.2 Å². The maximum absolute atomic E-state index is 13.8. The molecule has 0 aromatic heterocycles. The number of halogens is 3. The molecule has 11 heteroatoms. The van der Waals surface area contributed by atoms with Crippen LogP contribution in [0.15, 0.2) is 77.7 Å². The van der Waals surface area contributed by atoms with E-state index in [1.807, 2.05) is 6.92 Å². The summed E-state index contributed by atoms with van der Waals surface area (Å²) in [5.41, 5.74) is 0.689. The summed E-state index contributed by atoms with van der Waals surface area (Å²) in [7, 11) is -4.19. The summed E-state index contributed by atoms with van der Waals surface area (Å²) in [5, 5.41) is 3.68. The zero-order chi connectivity index (χ0) is 27.9. The average Bonchev–Trinajstić information content (AvgIpc) is 2.90. The molecule has 0 bridgehead atoms. The number of benzene rings is 3. The fourth-order valence-corrected chi connectivity index (χ4v) is 5.91. The molecule has 2 amide bonds. The van der Waals surface area contributed by atoms with Crippen molar-refractivity contribution in [1.29, 1.82) is 0 Å². The van der Waals surface area contributed by atoms with Gasteiger partial charge in [0, 0.05) is 23.1 Å². The van der Waals surface area contributed by atoms with Crippen LogP contribution in [0.2, 0.25) is 15.1 Å². The molecule has 3 rings (SSSR count). The number of hydrogen-bond donors (Lipinski definition) is 1. The van der Waals surface area contributed by atoms with E-state index in [1.165, 1.54) is 23.1 Å². The number of sulfonamides is 1. The Kier molecular flexibility index (Phi) is 10.4. The predicted molar refractivity (Wildman–Crippen MR) is 152 cm³/mol. The van der Waals surface area contributed by atoms with Crippen LogP contribution < -0.4 is 9.62 Å². The quantitative estimate of drug-likeness (QED) is 0.304. The molecule has 0 heterocycles. The first-order valence-corrected chi connectivity index (χ1v) is 14.5. The van der Waals surface area contributed by atoms with Crippen LogP contribution in [0.1, 0.15) is 25.8 Å². The van der Waals surface area contributed by atoms with Gasteiger partial charge >= 0.3 is 0 Å². The number of hydrogen-bond acceptors (Lipinski definition) is 4. The zero-order valence-corrected chi connectivity index (χ0v) is 24.0. The molecule has 0 aliphatic rings. The lowest BCUT2D eigenvalue weighted by molar-refractivity contribution is -0.139. The van der Waals surface area contributed by atoms with Crippen LogP contribution in [0.5, 0.6) is 0 Å². The molecule has 0 aliphatic heterocycles. The Morgan fingerprint density at radius 2 is 1.58 bits per heavy atom. The van der Waals surface area contributed by atoms with E-state index < -0.39 is 28.5 Å². The standard InChI is InChI=1S/C27H28Cl3N3O4S/c1-3-15-31-27(35)19(2)32(17-20-13-14-21(28)16-24(20)30)26(34)18-33(25-12-8-7-11-23(25)29)38(36,37)22-9-5-4-6-10-22/h4-14,16,19H,3,15,17-18H2,1-2H3,(H,31,35)/t19-/m0/s1. The monoisotopic (exact) mass is 595 g/mol. The third kappa shape index (κ3) is 7.20. The largest absolute Gasteiger partial charge is 0.354 e. The molecule has 1 N–H and O–H groups in total. The van der Waals surface area contributed by atoms with Crippen molar-refractivity contribution in [1.82, 2.24) is 10.2 Å². The van der Waals surface area contributed by atoms with Gasteiger partial charge in [-0.05, 0) is 55.3 Å². The number of amides is 2. The Morgan fingerprint density at radius 3 is 2.21 bits per heavy atom. The summed E-state index contributed by atoms with van der Waals surface area (Å²) in [6, 6.07) is 18.0. The van der Waals surface area contributed by atoms with E-state index in [-0.39, 0.29) is 28.1 Å². The lowest BCUT2D eigenvalue weighted by Crippen LogP contribution is -2.51. The van der Waals surface area contributed by atoms with Crippen molar-refractivity contribution in [2.45, 2.75) is 37.8 Å². The molecule has 1 atom stereocenters. The lowest BCUT2D eigenvalue weighted by Gasteiger charge is -2.32.